The van der Waals surface area contributed by atoms with Crippen LogP contribution in [0.1, 0.15) is 32.3 Å². The van der Waals surface area contributed by atoms with E-state index in [-0.39, 0.29) is 6.03 Å². The fourth-order valence-electron chi connectivity index (χ4n) is 2.80. The fraction of sp³-hybridized carbons (Fsp3) is 0.588. The number of hydrogen-bond acceptors (Lipinski definition) is 2. The van der Waals surface area contributed by atoms with Crippen LogP contribution in [0.25, 0.3) is 0 Å². The number of rotatable bonds is 4. The maximum atomic E-state index is 12.3. The molecule has 1 aliphatic rings. The first-order valence-corrected chi connectivity index (χ1v) is 7.96. The third-order valence-electron chi connectivity index (χ3n) is 4.15. The molecule has 0 aliphatic carbocycles. The summed E-state index contributed by atoms with van der Waals surface area (Å²) < 4.78 is 0. The monoisotopic (exact) mass is 289 g/mol. The van der Waals surface area contributed by atoms with Crippen molar-refractivity contribution in [1.29, 1.82) is 0 Å². The lowest BCUT2D eigenvalue weighted by atomic mass is 9.94. The van der Waals surface area contributed by atoms with Crippen molar-refractivity contribution in [2.24, 2.45) is 5.92 Å². The van der Waals surface area contributed by atoms with Crippen LogP contribution in [0.5, 0.6) is 0 Å². The van der Waals surface area contributed by atoms with Crippen molar-refractivity contribution < 1.29 is 4.79 Å². The number of nitrogens with zero attached hydrogens (tertiary/aromatic N) is 1. The lowest BCUT2D eigenvalue weighted by Crippen LogP contribution is -2.51. The second-order valence-corrected chi connectivity index (χ2v) is 6.07. The summed E-state index contributed by atoms with van der Waals surface area (Å²) in [4.78, 5) is 14.2. The van der Waals surface area contributed by atoms with Gasteiger partial charge in [-0.25, -0.2) is 4.79 Å². The van der Waals surface area contributed by atoms with Gasteiger partial charge in [-0.2, -0.15) is 0 Å². The molecule has 1 fully saturated rings. The summed E-state index contributed by atoms with van der Waals surface area (Å²) in [6, 6.07) is 8.48. The second-order valence-electron chi connectivity index (χ2n) is 6.07. The smallest absolute Gasteiger partial charge is 0.321 e. The van der Waals surface area contributed by atoms with Crippen LogP contribution in [-0.4, -0.2) is 36.6 Å². The Kier molecular flexibility index (Phi) is 5.62. The molecule has 4 heteroatoms. The number of anilines is 1. The zero-order valence-electron chi connectivity index (χ0n) is 13.4. The lowest BCUT2D eigenvalue weighted by Gasteiger charge is -2.37. The summed E-state index contributed by atoms with van der Waals surface area (Å²) in [5.74, 6) is 0.495. The van der Waals surface area contributed by atoms with Crippen molar-refractivity contribution in [2.75, 3.05) is 25.0 Å². The topological polar surface area (TPSA) is 44.4 Å². The van der Waals surface area contributed by atoms with Crippen molar-refractivity contribution >= 4 is 11.7 Å². The Hall–Kier alpha value is -1.55. The van der Waals surface area contributed by atoms with E-state index >= 15 is 0 Å². The Balaban J connectivity index is 1.85. The number of amides is 2. The summed E-state index contributed by atoms with van der Waals surface area (Å²) in [6.07, 6.45) is 2.18. The molecule has 0 spiro atoms. The van der Waals surface area contributed by atoms with Gasteiger partial charge in [0.2, 0.25) is 0 Å². The molecule has 2 N–H and O–H groups in total. The Bertz CT molecular complexity index is 458. The first-order chi connectivity index (χ1) is 10.1. The first-order valence-electron chi connectivity index (χ1n) is 7.96. The minimum atomic E-state index is 0.0136. The van der Waals surface area contributed by atoms with Gasteiger partial charge in [0.1, 0.15) is 0 Å². The zero-order valence-corrected chi connectivity index (χ0v) is 13.4. The maximum absolute atomic E-state index is 12.3. The van der Waals surface area contributed by atoms with Gasteiger partial charge >= 0.3 is 6.03 Å². The average molecular weight is 289 g/mol. The molecule has 0 saturated carbocycles. The fourth-order valence-corrected chi connectivity index (χ4v) is 2.80. The maximum Gasteiger partial charge on any atom is 0.321 e. The van der Waals surface area contributed by atoms with Crippen molar-refractivity contribution in [2.45, 2.75) is 39.7 Å². The highest BCUT2D eigenvalue weighted by Gasteiger charge is 2.28. The standard InChI is InChI=1S/C17H27N3O/c1-4-10-18-16-9-11-20(12-14(16)3)17(21)19-15-7-5-13(2)6-8-15/h5-8,14,16,18H,4,9-12H2,1-3H3,(H,19,21). The quantitative estimate of drug-likeness (QED) is 0.893. The Morgan fingerprint density at radius 2 is 2.05 bits per heavy atom. The van der Waals surface area contributed by atoms with Gasteiger partial charge in [-0.1, -0.05) is 31.5 Å². The molecule has 2 atom stereocenters. The van der Waals surface area contributed by atoms with Crippen LogP contribution >= 0.6 is 0 Å². The van der Waals surface area contributed by atoms with Crippen LogP contribution in [-0.2, 0) is 0 Å². The predicted molar refractivity (Wildman–Crippen MR) is 87.6 cm³/mol. The van der Waals surface area contributed by atoms with E-state index in [4.69, 9.17) is 0 Å². The molecule has 2 rings (SSSR count). The van der Waals surface area contributed by atoms with Gasteiger partial charge in [-0.05, 0) is 44.4 Å². The molecule has 1 aromatic carbocycles. The molecular formula is C17H27N3O. The molecule has 116 valence electrons. The van der Waals surface area contributed by atoms with Gasteiger partial charge in [0.25, 0.3) is 0 Å². The lowest BCUT2D eigenvalue weighted by molar-refractivity contribution is 0.160. The van der Waals surface area contributed by atoms with Crippen molar-refractivity contribution in [3.63, 3.8) is 0 Å². The normalized spacial score (nSPS) is 22.1. The number of nitrogens with one attached hydrogen (secondary N) is 2. The highest BCUT2D eigenvalue weighted by atomic mass is 16.2. The number of urea groups is 1. The third kappa shape index (κ3) is 4.46. The molecule has 2 unspecified atom stereocenters. The average Bonchev–Trinajstić information content (AvgIpc) is 2.48. The predicted octanol–water partition coefficient (Wildman–Crippen LogP) is 3.24. The van der Waals surface area contributed by atoms with Crippen LogP contribution in [0.4, 0.5) is 10.5 Å². The highest BCUT2D eigenvalue weighted by Crippen LogP contribution is 2.18. The summed E-state index contributed by atoms with van der Waals surface area (Å²) in [5, 5.41) is 6.56. The van der Waals surface area contributed by atoms with Crippen LogP contribution in [0, 0.1) is 12.8 Å². The van der Waals surface area contributed by atoms with Crippen LogP contribution in [0.2, 0.25) is 0 Å². The largest absolute Gasteiger partial charge is 0.324 e. The first kappa shape index (κ1) is 15.8. The van der Waals surface area contributed by atoms with Crippen LogP contribution in [0.3, 0.4) is 0 Å². The molecule has 0 radical (unpaired) electrons. The van der Waals surface area contributed by atoms with E-state index in [0.29, 0.717) is 12.0 Å². The molecule has 1 saturated heterocycles. The summed E-state index contributed by atoms with van der Waals surface area (Å²) in [7, 11) is 0. The Morgan fingerprint density at radius 3 is 2.67 bits per heavy atom. The second kappa shape index (κ2) is 7.46. The summed E-state index contributed by atoms with van der Waals surface area (Å²) in [5.41, 5.74) is 2.06. The van der Waals surface area contributed by atoms with E-state index < -0.39 is 0 Å². The zero-order chi connectivity index (χ0) is 15.2. The Labute approximate surface area is 127 Å². The van der Waals surface area contributed by atoms with Crippen molar-refractivity contribution in [3.05, 3.63) is 29.8 Å². The van der Waals surface area contributed by atoms with Crippen molar-refractivity contribution in [1.82, 2.24) is 10.2 Å². The van der Waals surface area contributed by atoms with E-state index in [2.05, 4.69) is 24.5 Å². The summed E-state index contributed by atoms with van der Waals surface area (Å²) >= 11 is 0. The minimum Gasteiger partial charge on any atom is -0.324 e. The molecule has 4 nitrogen and oxygen atoms in total. The molecule has 21 heavy (non-hydrogen) atoms. The van der Waals surface area contributed by atoms with E-state index in [9.17, 15) is 4.79 Å². The van der Waals surface area contributed by atoms with Gasteiger partial charge in [0, 0.05) is 24.8 Å². The van der Waals surface area contributed by atoms with E-state index in [1.807, 2.05) is 36.1 Å². The van der Waals surface area contributed by atoms with Gasteiger partial charge in [-0.15, -0.1) is 0 Å². The molecule has 2 amide bonds. The van der Waals surface area contributed by atoms with E-state index in [1.165, 1.54) is 5.56 Å². The van der Waals surface area contributed by atoms with Crippen LogP contribution < -0.4 is 10.6 Å². The molecule has 1 heterocycles. The van der Waals surface area contributed by atoms with Crippen molar-refractivity contribution in [3.8, 4) is 0 Å². The molecule has 1 aliphatic heterocycles. The number of benzene rings is 1. The highest BCUT2D eigenvalue weighted by molar-refractivity contribution is 5.89. The molecular weight excluding hydrogens is 262 g/mol. The van der Waals surface area contributed by atoms with Gasteiger partial charge < -0.3 is 15.5 Å². The number of carbonyl (C=O) groups excluding carboxylic acids is 1. The number of piperidine rings is 1. The molecule has 0 aromatic heterocycles. The van der Waals surface area contributed by atoms with Gasteiger partial charge in [0.05, 0.1) is 0 Å². The Morgan fingerprint density at radius 1 is 1.33 bits per heavy atom. The van der Waals surface area contributed by atoms with Crippen LogP contribution in [0.15, 0.2) is 24.3 Å². The minimum absolute atomic E-state index is 0.0136. The number of hydrogen-bond donors (Lipinski definition) is 2. The molecule has 0 bridgehead atoms. The molecule has 1 aromatic rings. The number of likely N-dealkylation sites (tertiary alicyclic amines) is 1. The van der Waals surface area contributed by atoms with Gasteiger partial charge in [-0.3, -0.25) is 0 Å². The third-order valence-corrected chi connectivity index (χ3v) is 4.15. The SMILES string of the molecule is CCCNC1CCN(C(=O)Nc2ccc(C)cc2)CC1C. The summed E-state index contributed by atoms with van der Waals surface area (Å²) in [6.45, 7) is 9.15. The number of aryl methyl sites for hydroxylation is 1. The van der Waals surface area contributed by atoms with E-state index in [0.717, 1.165) is 38.2 Å². The van der Waals surface area contributed by atoms with E-state index in [1.54, 1.807) is 0 Å². The van der Waals surface area contributed by atoms with Gasteiger partial charge in [0.15, 0.2) is 0 Å². The number of carbonyl (C=O) groups is 1.